The van der Waals surface area contributed by atoms with E-state index in [1.807, 2.05) is 6.08 Å². The van der Waals surface area contributed by atoms with E-state index in [1.54, 1.807) is 0 Å². The van der Waals surface area contributed by atoms with Crippen LogP contribution in [-0.2, 0) is 0 Å². The van der Waals surface area contributed by atoms with Gasteiger partial charge in [-0.2, -0.15) is 0 Å². The summed E-state index contributed by atoms with van der Waals surface area (Å²) >= 11 is 0. The minimum Gasteiger partial charge on any atom is -0.368 e. The monoisotopic (exact) mass is 259 g/mol. The minimum atomic E-state index is 0.649. The molecule has 1 atom stereocenters. The van der Waals surface area contributed by atoms with Crippen molar-refractivity contribution in [2.75, 3.05) is 13.1 Å². The third kappa shape index (κ3) is 6.47. The van der Waals surface area contributed by atoms with Crippen LogP contribution in [0.4, 0.5) is 0 Å². The van der Waals surface area contributed by atoms with Gasteiger partial charge in [-0.3, -0.25) is 0 Å². The molecular formula is C18H29N. The maximum absolute atomic E-state index is 4.23. The lowest BCUT2D eigenvalue weighted by Gasteiger charge is -2.24. The van der Waals surface area contributed by atoms with Crippen LogP contribution in [0.5, 0.6) is 0 Å². The number of hydrogen-bond acceptors (Lipinski definition) is 1. The summed E-state index contributed by atoms with van der Waals surface area (Å²) in [6.07, 6.45) is 16.0. The van der Waals surface area contributed by atoms with Gasteiger partial charge in [-0.25, -0.2) is 0 Å². The van der Waals surface area contributed by atoms with Crippen LogP contribution in [0.15, 0.2) is 49.2 Å². The largest absolute Gasteiger partial charge is 0.368 e. The molecule has 0 aliphatic heterocycles. The zero-order chi connectivity index (χ0) is 14.1. The Morgan fingerprint density at radius 3 is 2.63 bits per heavy atom. The van der Waals surface area contributed by atoms with E-state index in [0.29, 0.717) is 5.92 Å². The normalized spacial score (nSPS) is 16.9. The molecule has 1 rings (SSSR count). The fourth-order valence-corrected chi connectivity index (χ4v) is 2.18. The summed E-state index contributed by atoms with van der Waals surface area (Å²) in [5, 5.41) is 0. The first kappa shape index (κ1) is 15.8. The van der Waals surface area contributed by atoms with Crippen LogP contribution in [0.2, 0.25) is 0 Å². The van der Waals surface area contributed by atoms with Gasteiger partial charge in [-0.1, -0.05) is 43.9 Å². The molecule has 0 heterocycles. The second-order valence-electron chi connectivity index (χ2n) is 5.51. The first-order valence-corrected chi connectivity index (χ1v) is 7.51. The van der Waals surface area contributed by atoms with Crippen molar-refractivity contribution in [3.8, 4) is 0 Å². The summed E-state index contributed by atoms with van der Waals surface area (Å²) in [6, 6.07) is 0. The van der Waals surface area contributed by atoms with Gasteiger partial charge in [-0.05, 0) is 44.4 Å². The van der Waals surface area contributed by atoms with Crippen LogP contribution >= 0.6 is 0 Å². The fraction of sp³-hybridized carbons (Fsp3) is 0.556. The molecular weight excluding hydrogens is 230 g/mol. The maximum Gasteiger partial charge on any atom is 0.0360 e. The van der Waals surface area contributed by atoms with Gasteiger partial charge in [0.25, 0.3) is 0 Å². The van der Waals surface area contributed by atoms with E-state index in [9.17, 15) is 0 Å². The van der Waals surface area contributed by atoms with Crippen LogP contribution in [0, 0.1) is 11.8 Å². The van der Waals surface area contributed by atoms with Crippen molar-refractivity contribution < 1.29 is 0 Å². The molecule has 0 amide bonds. The first-order valence-electron chi connectivity index (χ1n) is 7.51. The van der Waals surface area contributed by atoms with Crippen LogP contribution in [-0.4, -0.2) is 18.0 Å². The van der Waals surface area contributed by atoms with Crippen molar-refractivity contribution in [3.05, 3.63) is 49.2 Å². The van der Waals surface area contributed by atoms with E-state index >= 15 is 0 Å². The van der Waals surface area contributed by atoms with Crippen molar-refractivity contribution in [3.63, 3.8) is 0 Å². The van der Waals surface area contributed by atoms with E-state index in [2.05, 4.69) is 56.2 Å². The Hall–Kier alpha value is -1.24. The maximum atomic E-state index is 4.23. The van der Waals surface area contributed by atoms with E-state index in [-0.39, 0.29) is 0 Å². The molecule has 0 spiro atoms. The van der Waals surface area contributed by atoms with Crippen LogP contribution in [0.25, 0.3) is 0 Å². The molecule has 1 aliphatic carbocycles. The molecule has 1 fully saturated rings. The SMILES string of the molecule is C=CCN(C/C=C\C(C)CC/C=C\C)C(=C)C1CC1. The summed E-state index contributed by atoms with van der Waals surface area (Å²) in [6.45, 7) is 14.3. The van der Waals surface area contributed by atoms with Gasteiger partial charge < -0.3 is 4.90 Å². The Bertz CT molecular complexity index is 334. The zero-order valence-corrected chi connectivity index (χ0v) is 12.6. The van der Waals surface area contributed by atoms with Crippen molar-refractivity contribution in [2.24, 2.45) is 11.8 Å². The molecule has 19 heavy (non-hydrogen) atoms. The standard InChI is InChI=1S/C18H29N/c1-5-7-8-10-16(3)11-9-15-19(14-6-2)17(4)18-12-13-18/h5-7,9,11,16,18H,2,4,8,10,12-15H2,1,3H3/b7-5-,11-9-. The fourth-order valence-electron chi connectivity index (χ4n) is 2.18. The molecule has 0 aromatic heterocycles. The third-order valence-electron chi connectivity index (χ3n) is 3.62. The first-order chi connectivity index (χ1) is 9.19. The summed E-state index contributed by atoms with van der Waals surface area (Å²) in [5.41, 5.74) is 1.30. The van der Waals surface area contributed by atoms with Crippen LogP contribution < -0.4 is 0 Å². The van der Waals surface area contributed by atoms with Crippen molar-refractivity contribution in [1.29, 1.82) is 0 Å². The van der Waals surface area contributed by atoms with Gasteiger partial charge in [0.1, 0.15) is 0 Å². The number of rotatable bonds is 10. The van der Waals surface area contributed by atoms with E-state index in [4.69, 9.17) is 0 Å². The lowest BCUT2D eigenvalue weighted by Crippen LogP contribution is -2.23. The highest BCUT2D eigenvalue weighted by Gasteiger charge is 2.27. The average Bonchev–Trinajstić information content (AvgIpc) is 3.21. The lowest BCUT2D eigenvalue weighted by molar-refractivity contribution is 0.399. The summed E-state index contributed by atoms with van der Waals surface area (Å²) < 4.78 is 0. The predicted octanol–water partition coefficient (Wildman–Crippen LogP) is 4.95. The Labute approximate surface area is 119 Å². The lowest BCUT2D eigenvalue weighted by atomic mass is 10.0. The molecule has 1 aliphatic rings. The molecule has 0 radical (unpaired) electrons. The summed E-state index contributed by atoms with van der Waals surface area (Å²) in [5.74, 6) is 1.39. The summed E-state index contributed by atoms with van der Waals surface area (Å²) in [7, 11) is 0. The average molecular weight is 259 g/mol. The van der Waals surface area contributed by atoms with Gasteiger partial charge >= 0.3 is 0 Å². The molecule has 1 saturated carbocycles. The van der Waals surface area contributed by atoms with E-state index < -0.39 is 0 Å². The Morgan fingerprint density at radius 2 is 2.05 bits per heavy atom. The van der Waals surface area contributed by atoms with E-state index in [0.717, 1.165) is 19.0 Å². The van der Waals surface area contributed by atoms with Crippen LogP contribution in [0.1, 0.15) is 39.5 Å². The van der Waals surface area contributed by atoms with Gasteiger partial charge in [0, 0.05) is 18.8 Å². The molecule has 106 valence electrons. The predicted molar refractivity (Wildman–Crippen MR) is 86.0 cm³/mol. The van der Waals surface area contributed by atoms with Crippen molar-refractivity contribution >= 4 is 0 Å². The quantitative estimate of drug-likeness (QED) is 0.502. The topological polar surface area (TPSA) is 3.24 Å². The van der Waals surface area contributed by atoms with E-state index in [1.165, 1.54) is 31.4 Å². The molecule has 0 aromatic carbocycles. The number of allylic oxidation sites excluding steroid dienone is 4. The summed E-state index contributed by atoms with van der Waals surface area (Å²) in [4.78, 5) is 2.35. The smallest absolute Gasteiger partial charge is 0.0360 e. The Balaban J connectivity index is 2.33. The van der Waals surface area contributed by atoms with Gasteiger partial charge in [-0.15, -0.1) is 6.58 Å². The van der Waals surface area contributed by atoms with Gasteiger partial charge in [0.05, 0.1) is 0 Å². The highest BCUT2D eigenvalue weighted by atomic mass is 15.1. The second kappa shape index (κ2) is 8.79. The number of nitrogens with zero attached hydrogens (tertiary/aromatic N) is 1. The molecule has 0 bridgehead atoms. The number of hydrogen-bond donors (Lipinski definition) is 0. The molecule has 1 heteroatoms. The Kier molecular flexibility index (Phi) is 7.32. The minimum absolute atomic E-state index is 0.649. The molecule has 1 unspecified atom stereocenters. The van der Waals surface area contributed by atoms with Gasteiger partial charge in [0.15, 0.2) is 0 Å². The molecule has 0 aromatic rings. The molecule has 1 nitrogen and oxygen atoms in total. The Morgan fingerprint density at radius 1 is 1.32 bits per heavy atom. The zero-order valence-electron chi connectivity index (χ0n) is 12.6. The van der Waals surface area contributed by atoms with Crippen molar-refractivity contribution in [2.45, 2.75) is 39.5 Å². The van der Waals surface area contributed by atoms with Crippen LogP contribution in [0.3, 0.4) is 0 Å². The molecule has 0 saturated heterocycles. The molecule has 0 N–H and O–H groups in total. The van der Waals surface area contributed by atoms with Crippen molar-refractivity contribution in [1.82, 2.24) is 4.90 Å². The van der Waals surface area contributed by atoms with Gasteiger partial charge in [0.2, 0.25) is 0 Å². The second-order valence-corrected chi connectivity index (χ2v) is 5.51. The highest BCUT2D eigenvalue weighted by molar-refractivity contribution is 5.09. The third-order valence-corrected chi connectivity index (χ3v) is 3.62. The highest BCUT2D eigenvalue weighted by Crippen LogP contribution is 2.37.